The fraction of sp³-hybridized carbons (Fsp3) is 0.733. The van der Waals surface area contributed by atoms with Crippen molar-refractivity contribution in [1.29, 1.82) is 0 Å². The maximum Gasteiger partial charge on any atom is 0.147 e. The third-order valence-electron chi connectivity index (χ3n) is 3.72. The Morgan fingerprint density at radius 2 is 1.79 bits per heavy atom. The lowest BCUT2D eigenvalue weighted by atomic mass is 9.99. The number of aromatic nitrogens is 2. The first-order chi connectivity index (χ1) is 9.08. The summed E-state index contributed by atoms with van der Waals surface area (Å²) in [7, 11) is 0. The highest BCUT2D eigenvalue weighted by molar-refractivity contribution is 9.10. The molecule has 1 heterocycles. The summed E-state index contributed by atoms with van der Waals surface area (Å²) >= 11 is 9.79. The summed E-state index contributed by atoms with van der Waals surface area (Å²) in [5.41, 5.74) is 1.06. The summed E-state index contributed by atoms with van der Waals surface area (Å²) < 4.78 is 0.875. The van der Waals surface area contributed by atoms with E-state index in [1.54, 1.807) is 0 Å². The van der Waals surface area contributed by atoms with E-state index >= 15 is 0 Å². The Morgan fingerprint density at radius 1 is 1.16 bits per heavy atom. The number of halogens is 2. The molecular formula is C15H22BrClN2. The molecule has 1 aromatic heterocycles. The molecule has 0 radical (unpaired) electrons. The lowest BCUT2D eigenvalue weighted by Crippen LogP contribution is -2.09. The molecule has 0 aliphatic heterocycles. The van der Waals surface area contributed by atoms with Crippen LogP contribution in [0.3, 0.4) is 0 Å². The van der Waals surface area contributed by atoms with Crippen molar-refractivity contribution in [2.24, 2.45) is 5.92 Å². The second kappa shape index (κ2) is 7.03. The monoisotopic (exact) mass is 344 g/mol. The van der Waals surface area contributed by atoms with Gasteiger partial charge in [-0.2, -0.15) is 0 Å². The van der Waals surface area contributed by atoms with E-state index in [1.165, 1.54) is 38.5 Å². The Morgan fingerprint density at radius 3 is 2.37 bits per heavy atom. The van der Waals surface area contributed by atoms with Crippen molar-refractivity contribution in [3.05, 3.63) is 21.1 Å². The van der Waals surface area contributed by atoms with Crippen LogP contribution in [0.5, 0.6) is 0 Å². The Bertz CT molecular complexity index is 426. The van der Waals surface area contributed by atoms with Gasteiger partial charge in [0.25, 0.3) is 0 Å². The number of rotatable bonds is 3. The van der Waals surface area contributed by atoms with Crippen LogP contribution in [0.4, 0.5) is 0 Å². The minimum atomic E-state index is 0.499. The highest BCUT2D eigenvalue weighted by atomic mass is 79.9. The summed E-state index contributed by atoms with van der Waals surface area (Å²) in [6, 6.07) is 0. The van der Waals surface area contributed by atoms with Crippen molar-refractivity contribution in [3.63, 3.8) is 0 Å². The zero-order chi connectivity index (χ0) is 13.8. The van der Waals surface area contributed by atoms with Gasteiger partial charge in [-0.15, -0.1) is 0 Å². The molecule has 2 rings (SSSR count). The molecular weight excluding hydrogens is 324 g/mol. The van der Waals surface area contributed by atoms with Crippen LogP contribution < -0.4 is 0 Å². The smallest absolute Gasteiger partial charge is 0.147 e. The molecule has 19 heavy (non-hydrogen) atoms. The molecule has 0 N–H and O–H groups in total. The fourth-order valence-electron chi connectivity index (χ4n) is 2.72. The predicted molar refractivity (Wildman–Crippen MR) is 83.7 cm³/mol. The molecule has 0 spiro atoms. The number of hydrogen-bond donors (Lipinski definition) is 0. The van der Waals surface area contributed by atoms with Crippen LogP contribution in [-0.4, -0.2) is 9.97 Å². The maximum atomic E-state index is 6.26. The quantitative estimate of drug-likeness (QED) is 0.532. The van der Waals surface area contributed by atoms with E-state index in [-0.39, 0.29) is 0 Å². The molecule has 0 aromatic carbocycles. The average Bonchev–Trinajstić information content (AvgIpc) is 2.63. The molecule has 4 heteroatoms. The summed E-state index contributed by atoms with van der Waals surface area (Å²) in [6.45, 7) is 4.40. The van der Waals surface area contributed by atoms with Gasteiger partial charge in [0.2, 0.25) is 0 Å². The topological polar surface area (TPSA) is 25.8 Å². The molecule has 1 saturated carbocycles. The van der Waals surface area contributed by atoms with Crippen LogP contribution in [0.2, 0.25) is 5.15 Å². The van der Waals surface area contributed by atoms with E-state index in [2.05, 4.69) is 34.8 Å². The highest BCUT2D eigenvalue weighted by Gasteiger charge is 2.20. The van der Waals surface area contributed by atoms with Gasteiger partial charge in [-0.1, -0.05) is 51.1 Å². The third kappa shape index (κ3) is 4.16. The highest BCUT2D eigenvalue weighted by Crippen LogP contribution is 2.33. The van der Waals surface area contributed by atoms with Crippen LogP contribution in [0.1, 0.15) is 69.8 Å². The van der Waals surface area contributed by atoms with Gasteiger partial charge < -0.3 is 0 Å². The van der Waals surface area contributed by atoms with Crippen LogP contribution >= 0.6 is 27.5 Å². The minimum Gasteiger partial charge on any atom is -0.236 e. The van der Waals surface area contributed by atoms with Gasteiger partial charge >= 0.3 is 0 Å². The van der Waals surface area contributed by atoms with Gasteiger partial charge in [0.05, 0.1) is 10.2 Å². The van der Waals surface area contributed by atoms with E-state index in [4.69, 9.17) is 16.6 Å². The molecule has 106 valence electrons. The van der Waals surface area contributed by atoms with E-state index in [0.717, 1.165) is 22.4 Å². The van der Waals surface area contributed by atoms with Crippen LogP contribution in [0.25, 0.3) is 0 Å². The SMILES string of the molecule is CC(C)Cc1nc(C2CCCCCC2)nc(Cl)c1Br. The summed E-state index contributed by atoms with van der Waals surface area (Å²) in [5, 5.41) is 0.574. The van der Waals surface area contributed by atoms with Crippen molar-refractivity contribution < 1.29 is 0 Å². The summed E-state index contributed by atoms with van der Waals surface area (Å²) in [5.74, 6) is 2.04. The zero-order valence-electron chi connectivity index (χ0n) is 11.8. The van der Waals surface area contributed by atoms with Crippen molar-refractivity contribution in [2.45, 2.75) is 64.7 Å². The molecule has 1 aliphatic carbocycles. The van der Waals surface area contributed by atoms with E-state index in [1.807, 2.05) is 0 Å². The number of nitrogens with zero attached hydrogens (tertiary/aromatic N) is 2. The van der Waals surface area contributed by atoms with Gasteiger partial charge in [-0.3, -0.25) is 0 Å². The van der Waals surface area contributed by atoms with Crippen LogP contribution in [0.15, 0.2) is 4.47 Å². The van der Waals surface area contributed by atoms with E-state index < -0.39 is 0 Å². The minimum absolute atomic E-state index is 0.499. The van der Waals surface area contributed by atoms with E-state index in [9.17, 15) is 0 Å². The molecule has 0 amide bonds. The Kier molecular flexibility index (Phi) is 5.64. The Hall–Kier alpha value is -0.150. The van der Waals surface area contributed by atoms with Crippen molar-refractivity contribution in [2.75, 3.05) is 0 Å². The van der Waals surface area contributed by atoms with Gasteiger partial charge in [0.15, 0.2) is 0 Å². The fourth-order valence-corrected chi connectivity index (χ4v) is 3.26. The molecule has 0 bridgehead atoms. The molecule has 0 atom stereocenters. The first-order valence-corrected chi connectivity index (χ1v) is 8.47. The largest absolute Gasteiger partial charge is 0.236 e. The van der Waals surface area contributed by atoms with Crippen molar-refractivity contribution in [3.8, 4) is 0 Å². The second-order valence-electron chi connectivity index (χ2n) is 5.92. The van der Waals surface area contributed by atoms with Crippen LogP contribution in [-0.2, 0) is 6.42 Å². The van der Waals surface area contributed by atoms with Crippen molar-refractivity contribution >= 4 is 27.5 Å². The first-order valence-electron chi connectivity index (χ1n) is 7.29. The van der Waals surface area contributed by atoms with E-state index in [0.29, 0.717) is 17.0 Å². The summed E-state index contributed by atoms with van der Waals surface area (Å²) in [6.07, 6.45) is 8.64. The van der Waals surface area contributed by atoms with Crippen molar-refractivity contribution in [1.82, 2.24) is 9.97 Å². The number of hydrogen-bond acceptors (Lipinski definition) is 2. The Labute approximate surface area is 129 Å². The molecule has 1 aliphatic rings. The summed E-state index contributed by atoms with van der Waals surface area (Å²) in [4.78, 5) is 9.31. The molecule has 0 unspecified atom stereocenters. The molecule has 0 saturated heterocycles. The molecule has 1 aromatic rings. The Balaban J connectivity index is 2.26. The zero-order valence-corrected chi connectivity index (χ0v) is 14.1. The normalized spacial score (nSPS) is 17.7. The predicted octanol–water partition coefficient (Wildman–Crippen LogP) is 5.53. The van der Waals surface area contributed by atoms with Crippen LogP contribution in [0, 0.1) is 5.92 Å². The first kappa shape index (κ1) is 15.2. The van der Waals surface area contributed by atoms with Gasteiger partial charge in [-0.25, -0.2) is 9.97 Å². The lowest BCUT2D eigenvalue weighted by molar-refractivity contribution is 0.550. The van der Waals surface area contributed by atoms with Gasteiger partial charge in [-0.05, 0) is 41.1 Å². The average molecular weight is 346 g/mol. The second-order valence-corrected chi connectivity index (χ2v) is 7.07. The van der Waals surface area contributed by atoms with Gasteiger partial charge in [0, 0.05) is 5.92 Å². The third-order valence-corrected chi connectivity index (χ3v) is 5.05. The lowest BCUT2D eigenvalue weighted by Gasteiger charge is -2.16. The van der Waals surface area contributed by atoms with Gasteiger partial charge in [0.1, 0.15) is 11.0 Å². The maximum absolute atomic E-state index is 6.26. The molecule has 1 fully saturated rings. The standard InChI is InChI=1S/C15H22BrClN2/c1-10(2)9-12-13(16)14(17)19-15(18-12)11-7-5-3-4-6-8-11/h10-11H,3-9H2,1-2H3. The molecule has 2 nitrogen and oxygen atoms in total.